The number of hydrogen-bond acceptors (Lipinski definition) is 5. The molecule has 23 heavy (non-hydrogen) atoms. The van der Waals surface area contributed by atoms with Gasteiger partial charge >= 0.3 is 5.97 Å². The predicted octanol–water partition coefficient (Wildman–Crippen LogP) is 3.18. The summed E-state index contributed by atoms with van der Waals surface area (Å²) in [7, 11) is 0. The zero-order valence-corrected chi connectivity index (χ0v) is 13.9. The molecule has 0 fully saturated rings. The van der Waals surface area contributed by atoms with E-state index in [1.807, 2.05) is 31.4 Å². The van der Waals surface area contributed by atoms with Gasteiger partial charge in [-0.15, -0.1) is 11.3 Å². The number of carbonyl (C=O) groups excluding carboxylic acids is 2. The van der Waals surface area contributed by atoms with Crippen molar-refractivity contribution in [1.82, 2.24) is 5.32 Å². The van der Waals surface area contributed by atoms with Crippen molar-refractivity contribution < 1.29 is 19.1 Å². The molecule has 1 N–H and O–H groups in total. The minimum atomic E-state index is -0.576. The molecule has 1 atom stereocenters. The van der Waals surface area contributed by atoms with E-state index in [-0.39, 0.29) is 18.6 Å². The van der Waals surface area contributed by atoms with Gasteiger partial charge in [0.05, 0.1) is 12.6 Å². The average molecular weight is 333 g/mol. The van der Waals surface area contributed by atoms with E-state index >= 15 is 0 Å². The molecule has 1 aromatic carbocycles. The monoisotopic (exact) mass is 333 g/mol. The van der Waals surface area contributed by atoms with Gasteiger partial charge in [-0.3, -0.25) is 4.79 Å². The fraction of sp³-hybridized carbons (Fsp3) is 0.294. The van der Waals surface area contributed by atoms with Crippen molar-refractivity contribution in [2.75, 3.05) is 13.2 Å². The van der Waals surface area contributed by atoms with E-state index in [9.17, 15) is 9.59 Å². The van der Waals surface area contributed by atoms with Crippen molar-refractivity contribution >= 4 is 23.2 Å². The van der Waals surface area contributed by atoms with E-state index in [0.29, 0.717) is 17.9 Å². The second-order valence-corrected chi connectivity index (χ2v) is 5.79. The Kier molecular flexibility index (Phi) is 6.17. The number of esters is 1. The van der Waals surface area contributed by atoms with Gasteiger partial charge in [0.2, 0.25) is 0 Å². The first-order chi connectivity index (χ1) is 11.1. The standard InChI is InChI=1S/C17H19NO4S/c1-3-21-14-8-5-4-7-13(14)17(20)22-11-16(19)18-12(2)15-9-6-10-23-15/h4-10,12H,3,11H2,1-2H3,(H,18,19)/t12-/m0/s1. The van der Waals surface area contributed by atoms with Gasteiger partial charge in [0.25, 0.3) is 5.91 Å². The molecule has 0 aliphatic rings. The van der Waals surface area contributed by atoms with Crippen molar-refractivity contribution in [3.05, 3.63) is 52.2 Å². The van der Waals surface area contributed by atoms with Crippen LogP contribution in [0.5, 0.6) is 5.75 Å². The van der Waals surface area contributed by atoms with Crippen LogP contribution >= 0.6 is 11.3 Å². The lowest BCUT2D eigenvalue weighted by molar-refractivity contribution is -0.124. The molecule has 1 heterocycles. The normalized spacial score (nSPS) is 11.6. The molecule has 5 nitrogen and oxygen atoms in total. The lowest BCUT2D eigenvalue weighted by Crippen LogP contribution is -2.30. The van der Waals surface area contributed by atoms with E-state index in [1.165, 1.54) is 0 Å². The number of nitrogens with one attached hydrogen (secondary N) is 1. The molecule has 0 unspecified atom stereocenters. The van der Waals surface area contributed by atoms with Gasteiger partial charge in [0, 0.05) is 4.88 Å². The Hall–Kier alpha value is -2.34. The van der Waals surface area contributed by atoms with Crippen molar-refractivity contribution in [3.63, 3.8) is 0 Å². The Morgan fingerprint density at radius 1 is 1.22 bits per heavy atom. The Labute approximate surface area is 139 Å². The van der Waals surface area contributed by atoms with Gasteiger partial charge in [-0.1, -0.05) is 18.2 Å². The summed E-state index contributed by atoms with van der Waals surface area (Å²) in [6.07, 6.45) is 0. The zero-order valence-electron chi connectivity index (χ0n) is 13.1. The molecule has 0 saturated carbocycles. The summed E-state index contributed by atoms with van der Waals surface area (Å²) < 4.78 is 10.4. The van der Waals surface area contributed by atoms with Gasteiger partial charge in [-0.2, -0.15) is 0 Å². The summed E-state index contributed by atoms with van der Waals surface area (Å²) >= 11 is 1.56. The number of thiophene rings is 1. The maximum Gasteiger partial charge on any atom is 0.342 e. The lowest BCUT2D eigenvalue weighted by Gasteiger charge is -2.13. The summed E-state index contributed by atoms with van der Waals surface area (Å²) in [6, 6.07) is 10.6. The highest BCUT2D eigenvalue weighted by atomic mass is 32.1. The van der Waals surface area contributed by atoms with E-state index in [4.69, 9.17) is 9.47 Å². The highest BCUT2D eigenvalue weighted by Gasteiger charge is 2.16. The molecule has 0 aliphatic heterocycles. The highest BCUT2D eigenvalue weighted by molar-refractivity contribution is 7.10. The largest absolute Gasteiger partial charge is 0.493 e. The smallest absolute Gasteiger partial charge is 0.342 e. The summed E-state index contributed by atoms with van der Waals surface area (Å²) in [5, 5.41) is 4.74. The number of rotatable bonds is 7. The molecule has 0 spiro atoms. The second kappa shape index (κ2) is 8.33. The minimum Gasteiger partial charge on any atom is -0.493 e. The van der Waals surface area contributed by atoms with Crippen LogP contribution in [0.1, 0.15) is 35.1 Å². The van der Waals surface area contributed by atoms with Crippen LogP contribution in [0.15, 0.2) is 41.8 Å². The average Bonchev–Trinajstić information content (AvgIpc) is 3.08. The number of carbonyl (C=O) groups is 2. The maximum absolute atomic E-state index is 12.1. The first-order valence-corrected chi connectivity index (χ1v) is 8.21. The second-order valence-electron chi connectivity index (χ2n) is 4.81. The Morgan fingerprint density at radius 2 is 2.00 bits per heavy atom. The molecule has 6 heteroatoms. The van der Waals surface area contributed by atoms with Gasteiger partial charge in [-0.05, 0) is 37.4 Å². The molecule has 0 radical (unpaired) electrons. The van der Waals surface area contributed by atoms with Crippen LogP contribution in [-0.4, -0.2) is 25.1 Å². The number of ether oxygens (including phenoxy) is 2. The van der Waals surface area contributed by atoms with Crippen LogP contribution < -0.4 is 10.1 Å². The first kappa shape index (κ1) is 17.0. The van der Waals surface area contributed by atoms with Crippen LogP contribution in [0.3, 0.4) is 0 Å². The highest BCUT2D eigenvalue weighted by Crippen LogP contribution is 2.19. The predicted molar refractivity (Wildman–Crippen MR) is 88.8 cm³/mol. The van der Waals surface area contributed by atoms with Gasteiger partial charge in [0.1, 0.15) is 11.3 Å². The Morgan fingerprint density at radius 3 is 2.70 bits per heavy atom. The van der Waals surface area contributed by atoms with Gasteiger partial charge in [0.15, 0.2) is 6.61 Å². The van der Waals surface area contributed by atoms with Gasteiger partial charge in [-0.25, -0.2) is 4.79 Å². The fourth-order valence-electron chi connectivity index (χ4n) is 2.02. The SMILES string of the molecule is CCOc1ccccc1C(=O)OCC(=O)N[C@@H](C)c1cccs1. The van der Waals surface area contributed by atoms with Crippen LogP contribution in [0.25, 0.3) is 0 Å². The molecule has 1 aromatic heterocycles. The summed E-state index contributed by atoms with van der Waals surface area (Å²) in [6.45, 7) is 3.84. The number of benzene rings is 1. The third kappa shape index (κ3) is 4.82. The minimum absolute atomic E-state index is 0.114. The molecule has 2 rings (SSSR count). The number of para-hydroxylation sites is 1. The van der Waals surface area contributed by atoms with Crippen molar-refractivity contribution in [2.45, 2.75) is 19.9 Å². The third-order valence-electron chi connectivity index (χ3n) is 3.09. The molecule has 0 aliphatic carbocycles. The van der Waals surface area contributed by atoms with E-state index in [0.717, 1.165) is 4.88 Å². The van der Waals surface area contributed by atoms with Crippen LogP contribution in [0.2, 0.25) is 0 Å². The molecule has 122 valence electrons. The maximum atomic E-state index is 12.1. The van der Waals surface area contributed by atoms with E-state index in [1.54, 1.807) is 35.6 Å². The van der Waals surface area contributed by atoms with E-state index < -0.39 is 5.97 Å². The lowest BCUT2D eigenvalue weighted by atomic mass is 10.2. The summed E-state index contributed by atoms with van der Waals surface area (Å²) in [4.78, 5) is 25.0. The van der Waals surface area contributed by atoms with Crippen LogP contribution in [-0.2, 0) is 9.53 Å². The van der Waals surface area contributed by atoms with Crippen LogP contribution in [0, 0.1) is 0 Å². The molecular weight excluding hydrogens is 314 g/mol. The van der Waals surface area contributed by atoms with E-state index in [2.05, 4.69) is 5.32 Å². The quantitative estimate of drug-likeness (QED) is 0.791. The molecule has 0 saturated heterocycles. The van der Waals surface area contributed by atoms with Crippen LogP contribution in [0.4, 0.5) is 0 Å². The first-order valence-electron chi connectivity index (χ1n) is 7.33. The molecule has 1 amide bonds. The zero-order chi connectivity index (χ0) is 16.7. The molecule has 2 aromatic rings. The number of amides is 1. The molecule has 0 bridgehead atoms. The topological polar surface area (TPSA) is 64.6 Å². The number of hydrogen-bond donors (Lipinski definition) is 1. The van der Waals surface area contributed by atoms with Gasteiger partial charge < -0.3 is 14.8 Å². The van der Waals surface area contributed by atoms with Crippen molar-refractivity contribution in [3.8, 4) is 5.75 Å². The van der Waals surface area contributed by atoms with Crippen molar-refractivity contribution in [1.29, 1.82) is 0 Å². The Balaban J connectivity index is 1.88. The summed E-state index contributed by atoms with van der Waals surface area (Å²) in [5.74, 6) is -0.464. The Bertz CT molecular complexity index is 654. The summed E-state index contributed by atoms with van der Waals surface area (Å²) in [5.41, 5.74) is 0.313. The third-order valence-corrected chi connectivity index (χ3v) is 4.14. The molecular formula is C17H19NO4S. The fourth-order valence-corrected chi connectivity index (χ4v) is 2.75. The van der Waals surface area contributed by atoms with Crippen molar-refractivity contribution in [2.24, 2.45) is 0 Å².